The van der Waals surface area contributed by atoms with E-state index >= 15 is 0 Å². The second-order valence-electron chi connectivity index (χ2n) is 3.10. The number of amides is 2. The first-order valence-corrected chi connectivity index (χ1v) is 4.37. The average molecular weight is 192 g/mol. The molecule has 14 heavy (non-hydrogen) atoms. The predicted molar refractivity (Wildman–Crippen MR) is 52.3 cm³/mol. The van der Waals surface area contributed by atoms with Crippen LogP contribution in [0.25, 0.3) is 0 Å². The van der Waals surface area contributed by atoms with Crippen molar-refractivity contribution < 1.29 is 4.79 Å². The van der Waals surface area contributed by atoms with Crippen LogP contribution in [0.5, 0.6) is 0 Å². The van der Waals surface area contributed by atoms with Crippen molar-refractivity contribution in [1.82, 2.24) is 5.43 Å². The first-order valence-electron chi connectivity index (χ1n) is 4.37. The molecule has 1 aliphatic rings. The van der Waals surface area contributed by atoms with E-state index in [0.717, 1.165) is 30.4 Å². The van der Waals surface area contributed by atoms with E-state index in [-0.39, 0.29) is 0 Å². The third-order valence-corrected chi connectivity index (χ3v) is 2.12. The molecule has 1 aliphatic carbocycles. The zero-order valence-electron chi connectivity index (χ0n) is 8.00. The number of hydrogen-bond donors (Lipinski definition) is 2. The summed E-state index contributed by atoms with van der Waals surface area (Å²) in [4.78, 5) is 10.4. The number of hydrogen-bond acceptors (Lipinski definition) is 3. The summed E-state index contributed by atoms with van der Waals surface area (Å²) in [6.45, 7) is 1.76. The van der Waals surface area contributed by atoms with Crippen LogP contribution >= 0.6 is 0 Å². The normalized spacial score (nSPS) is 16.7. The molecular weight excluding hydrogens is 180 g/mol. The SMILES string of the molecule is C/C(=N\NC(N)=O)C1=C(C#N)CCC1. The molecule has 0 saturated heterocycles. The fourth-order valence-corrected chi connectivity index (χ4v) is 1.47. The number of hydrazone groups is 1. The van der Waals surface area contributed by atoms with Gasteiger partial charge in [-0.25, -0.2) is 10.2 Å². The number of rotatable bonds is 2. The summed E-state index contributed by atoms with van der Waals surface area (Å²) < 4.78 is 0. The molecular formula is C9H12N4O. The van der Waals surface area contributed by atoms with Gasteiger partial charge in [-0.05, 0) is 31.8 Å². The molecule has 0 unspecified atom stereocenters. The Balaban J connectivity index is 2.79. The van der Waals surface area contributed by atoms with Crippen molar-refractivity contribution >= 4 is 11.7 Å². The first-order chi connectivity index (χ1) is 6.65. The van der Waals surface area contributed by atoms with Crippen LogP contribution < -0.4 is 11.2 Å². The number of nitriles is 1. The first kappa shape index (κ1) is 10.3. The molecule has 0 aromatic rings. The van der Waals surface area contributed by atoms with Crippen molar-refractivity contribution in [2.45, 2.75) is 26.2 Å². The lowest BCUT2D eigenvalue weighted by molar-refractivity contribution is 0.249. The van der Waals surface area contributed by atoms with Crippen LogP contribution in [0.2, 0.25) is 0 Å². The highest BCUT2D eigenvalue weighted by molar-refractivity contribution is 6.00. The van der Waals surface area contributed by atoms with E-state index in [1.165, 1.54) is 0 Å². The van der Waals surface area contributed by atoms with Gasteiger partial charge in [0.1, 0.15) is 0 Å². The zero-order chi connectivity index (χ0) is 10.6. The standard InChI is InChI=1S/C9H12N4O/c1-6(12-13-9(11)14)8-4-2-3-7(8)5-10/h2-4H2,1H3,(H3,11,13,14)/b12-6+. The van der Waals surface area contributed by atoms with Gasteiger partial charge in [0.2, 0.25) is 0 Å². The molecule has 0 aromatic heterocycles. The van der Waals surface area contributed by atoms with Gasteiger partial charge in [0, 0.05) is 5.57 Å². The Kier molecular flexibility index (Phi) is 3.24. The number of nitrogens with two attached hydrogens (primary N) is 1. The Bertz CT molecular complexity index is 348. The van der Waals surface area contributed by atoms with Gasteiger partial charge in [0.15, 0.2) is 0 Å². The molecule has 5 heteroatoms. The van der Waals surface area contributed by atoms with Crippen molar-refractivity contribution in [2.24, 2.45) is 10.8 Å². The third kappa shape index (κ3) is 2.33. The summed E-state index contributed by atoms with van der Waals surface area (Å²) in [7, 11) is 0. The highest BCUT2D eigenvalue weighted by atomic mass is 16.2. The summed E-state index contributed by atoms with van der Waals surface area (Å²) in [6, 6.07) is 1.44. The minimum Gasteiger partial charge on any atom is -0.350 e. The monoisotopic (exact) mass is 192 g/mol. The van der Waals surface area contributed by atoms with Gasteiger partial charge in [-0.1, -0.05) is 0 Å². The van der Waals surface area contributed by atoms with Gasteiger partial charge in [0.25, 0.3) is 0 Å². The molecule has 74 valence electrons. The van der Waals surface area contributed by atoms with E-state index in [2.05, 4.69) is 16.6 Å². The lowest BCUT2D eigenvalue weighted by Gasteiger charge is -2.01. The maximum absolute atomic E-state index is 10.4. The maximum atomic E-state index is 10.4. The molecule has 0 spiro atoms. The van der Waals surface area contributed by atoms with E-state index < -0.39 is 6.03 Å². The summed E-state index contributed by atoms with van der Waals surface area (Å²) in [5, 5.41) is 12.6. The van der Waals surface area contributed by atoms with Gasteiger partial charge < -0.3 is 5.73 Å². The molecule has 0 heterocycles. The number of carbonyl (C=O) groups excluding carboxylic acids is 1. The topological polar surface area (TPSA) is 91.3 Å². The van der Waals surface area contributed by atoms with Crippen molar-refractivity contribution in [3.05, 3.63) is 11.1 Å². The molecule has 3 N–H and O–H groups in total. The van der Waals surface area contributed by atoms with Crippen LogP contribution in [-0.4, -0.2) is 11.7 Å². The molecule has 0 aromatic carbocycles. The van der Waals surface area contributed by atoms with Crippen LogP contribution in [0.15, 0.2) is 16.2 Å². The Morgan fingerprint density at radius 1 is 1.64 bits per heavy atom. The minimum absolute atomic E-state index is 0.665. The fourth-order valence-electron chi connectivity index (χ4n) is 1.47. The Morgan fingerprint density at radius 3 is 2.93 bits per heavy atom. The molecule has 0 radical (unpaired) electrons. The second-order valence-corrected chi connectivity index (χ2v) is 3.10. The van der Waals surface area contributed by atoms with E-state index in [1.807, 2.05) is 0 Å². The molecule has 0 bridgehead atoms. The quantitative estimate of drug-likeness (QED) is 0.505. The van der Waals surface area contributed by atoms with Gasteiger partial charge in [0.05, 0.1) is 11.8 Å². The van der Waals surface area contributed by atoms with Gasteiger partial charge in [-0.2, -0.15) is 10.4 Å². The highest BCUT2D eigenvalue weighted by Gasteiger charge is 2.16. The van der Waals surface area contributed by atoms with E-state index in [1.54, 1.807) is 6.92 Å². The third-order valence-electron chi connectivity index (χ3n) is 2.12. The largest absolute Gasteiger partial charge is 0.350 e. The van der Waals surface area contributed by atoms with Crippen LogP contribution in [0, 0.1) is 11.3 Å². The van der Waals surface area contributed by atoms with Crippen molar-refractivity contribution in [2.75, 3.05) is 0 Å². The van der Waals surface area contributed by atoms with Crippen molar-refractivity contribution in [1.29, 1.82) is 5.26 Å². The summed E-state index contributed by atoms with van der Waals surface area (Å²) >= 11 is 0. The summed E-state index contributed by atoms with van der Waals surface area (Å²) in [6.07, 6.45) is 2.62. The fraction of sp³-hybridized carbons (Fsp3) is 0.444. The minimum atomic E-state index is -0.693. The average Bonchev–Trinajstić information content (AvgIpc) is 2.61. The molecule has 0 aliphatic heterocycles. The van der Waals surface area contributed by atoms with E-state index in [4.69, 9.17) is 11.0 Å². The maximum Gasteiger partial charge on any atom is 0.332 e. The van der Waals surface area contributed by atoms with Crippen LogP contribution in [0.3, 0.4) is 0 Å². The number of nitrogens with zero attached hydrogens (tertiary/aromatic N) is 2. The molecule has 0 saturated carbocycles. The molecule has 0 atom stereocenters. The number of allylic oxidation sites excluding steroid dienone is 2. The molecule has 5 nitrogen and oxygen atoms in total. The van der Waals surface area contributed by atoms with E-state index in [0.29, 0.717) is 5.71 Å². The second kappa shape index (κ2) is 4.42. The van der Waals surface area contributed by atoms with Gasteiger partial charge in [-0.15, -0.1) is 0 Å². The number of nitrogens with one attached hydrogen (secondary N) is 1. The number of primary amides is 1. The van der Waals surface area contributed by atoms with Gasteiger partial charge >= 0.3 is 6.03 Å². The number of carbonyl (C=O) groups is 1. The van der Waals surface area contributed by atoms with Crippen LogP contribution in [-0.2, 0) is 0 Å². The summed E-state index contributed by atoms with van der Waals surface area (Å²) in [5.41, 5.74) is 9.38. The Hall–Kier alpha value is -1.83. The van der Waals surface area contributed by atoms with Crippen LogP contribution in [0.1, 0.15) is 26.2 Å². The number of urea groups is 1. The predicted octanol–water partition coefficient (Wildman–Crippen LogP) is 1.03. The van der Waals surface area contributed by atoms with E-state index in [9.17, 15) is 4.79 Å². The Labute approximate surface area is 82.3 Å². The Morgan fingerprint density at radius 2 is 2.36 bits per heavy atom. The molecule has 2 amide bonds. The summed E-state index contributed by atoms with van der Waals surface area (Å²) in [5.74, 6) is 0. The molecule has 0 fully saturated rings. The molecule has 1 rings (SSSR count). The van der Waals surface area contributed by atoms with Crippen LogP contribution in [0.4, 0.5) is 4.79 Å². The lowest BCUT2D eigenvalue weighted by Crippen LogP contribution is -2.25. The van der Waals surface area contributed by atoms with Crippen molar-refractivity contribution in [3.8, 4) is 6.07 Å². The highest BCUT2D eigenvalue weighted by Crippen LogP contribution is 2.26. The zero-order valence-corrected chi connectivity index (χ0v) is 8.00. The van der Waals surface area contributed by atoms with Crippen molar-refractivity contribution in [3.63, 3.8) is 0 Å². The smallest absolute Gasteiger partial charge is 0.332 e. The van der Waals surface area contributed by atoms with Gasteiger partial charge in [-0.3, -0.25) is 0 Å². The lowest BCUT2D eigenvalue weighted by atomic mass is 10.1.